The fraction of sp³-hybridized carbons (Fsp3) is 0.947. The molecule has 0 aromatic rings. The smallest absolute Gasteiger partial charge is 0.300 e. The lowest BCUT2D eigenvalue weighted by atomic mass is 10.1. The molecule has 24 heavy (non-hydrogen) atoms. The number of unbranched alkanes of at least 4 members (excludes halogenated alkanes) is 7. The van der Waals surface area contributed by atoms with Gasteiger partial charge >= 0.3 is 0 Å². The molecule has 0 amide bonds. The van der Waals surface area contributed by atoms with Gasteiger partial charge in [0.25, 0.3) is 5.97 Å². The lowest BCUT2D eigenvalue weighted by molar-refractivity contribution is -0.160. The number of carboxylic acid groups (broad SMARTS) is 1. The van der Waals surface area contributed by atoms with Crippen LogP contribution in [0.5, 0.6) is 0 Å². The van der Waals surface area contributed by atoms with Crippen LogP contribution in [-0.2, 0) is 14.3 Å². The molecule has 2 N–H and O–H groups in total. The van der Waals surface area contributed by atoms with Gasteiger partial charge in [-0.3, -0.25) is 4.79 Å². The summed E-state index contributed by atoms with van der Waals surface area (Å²) in [4.78, 5) is 9.00. The van der Waals surface area contributed by atoms with Gasteiger partial charge in [0.15, 0.2) is 5.79 Å². The van der Waals surface area contributed by atoms with Crippen LogP contribution in [0.2, 0.25) is 0 Å². The molecular weight excluding hydrogens is 308 g/mol. The Morgan fingerprint density at radius 2 is 1.62 bits per heavy atom. The first-order valence-corrected chi connectivity index (χ1v) is 9.55. The first kappa shape index (κ1) is 23.4. The third-order valence-corrected chi connectivity index (χ3v) is 4.16. The summed E-state index contributed by atoms with van der Waals surface area (Å²) in [6.45, 7) is 6.28. The van der Waals surface area contributed by atoms with E-state index < -0.39 is 11.8 Å². The highest BCUT2D eigenvalue weighted by molar-refractivity contribution is 5.62. The van der Waals surface area contributed by atoms with Crippen molar-refractivity contribution in [3.05, 3.63) is 0 Å². The van der Waals surface area contributed by atoms with Gasteiger partial charge in [-0.1, -0.05) is 58.3 Å². The molecule has 0 aliphatic carbocycles. The summed E-state index contributed by atoms with van der Waals surface area (Å²) in [7, 11) is 0. The molecule has 144 valence electrons. The lowest BCUT2D eigenvalue weighted by Gasteiger charge is -2.22. The summed E-state index contributed by atoms with van der Waals surface area (Å²) in [5.41, 5.74) is 0. The maximum Gasteiger partial charge on any atom is 0.300 e. The number of aliphatic carboxylic acids is 1. The molecule has 2 atom stereocenters. The van der Waals surface area contributed by atoms with E-state index in [0.29, 0.717) is 0 Å². The highest BCUT2D eigenvalue weighted by Gasteiger charge is 2.36. The zero-order valence-corrected chi connectivity index (χ0v) is 15.9. The molecule has 5 heteroatoms. The first-order chi connectivity index (χ1) is 11.4. The minimum atomic E-state index is -0.833. The molecular formula is C19H38O5. The molecule has 1 aliphatic heterocycles. The number of carboxylic acids is 1. The average Bonchev–Trinajstić information content (AvgIpc) is 2.89. The quantitative estimate of drug-likeness (QED) is 0.508. The molecule has 0 aromatic heterocycles. The average molecular weight is 347 g/mol. The number of hydrogen-bond acceptors (Lipinski definition) is 4. The van der Waals surface area contributed by atoms with E-state index in [9.17, 15) is 0 Å². The molecule has 1 fully saturated rings. The monoisotopic (exact) mass is 346 g/mol. The van der Waals surface area contributed by atoms with Crippen molar-refractivity contribution < 1.29 is 24.5 Å². The van der Waals surface area contributed by atoms with Crippen molar-refractivity contribution >= 4 is 5.97 Å². The van der Waals surface area contributed by atoms with Crippen molar-refractivity contribution in [2.45, 2.75) is 103 Å². The van der Waals surface area contributed by atoms with Crippen molar-refractivity contribution in [2.75, 3.05) is 13.2 Å². The Morgan fingerprint density at radius 1 is 1.08 bits per heavy atom. The summed E-state index contributed by atoms with van der Waals surface area (Å²) >= 11 is 0. The van der Waals surface area contributed by atoms with E-state index in [0.717, 1.165) is 32.8 Å². The Kier molecular flexibility index (Phi) is 14.3. The van der Waals surface area contributed by atoms with Gasteiger partial charge in [0.2, 0.25) is 0 Å². The molecule has 0 bridgehead atoms. The Balaban J connectivity index is 0.00000118. The highest BCUT2D eigenvalue weighted by Crippen LogP contribution is 2.30. The Hall–Kier alpha value is -0.650. The van der Waals surface area contributed by atoms with E-state index in [-0.39, 0.29) is 12.7 Å². The van der Waals surface area contributed by atoms with Crippen molar-refractivity contribution in [3.8, 4) is 0 Å². The number of aliphatic hydroxyl groups excluding tert-OH is 1. The predicted octanol–water partition coefficient (Wildman–Crippen LogP) is 4.51. The molecule has 2 unspecified atom stereocenters. The molecule has 1 rings (SSSR count). The van der Waals surface area contributed by atoms with Gasteiger partial charge in [-0.15, -0.1) is 0 Å². The van der Waals surface area contributed by atoms with Crippen molar-refractivity contribution in [1.29, 1.82) is 0 Å². The van der Waals surface area contributed by atoms with E-state index in [4.69, 9.17) is 24.5 Å². The standard InChI is InChI=1S/C17H34O3.C2H4O2/c1-3-4-5-6-7-8-9-10-12-16-15-19-17(2,20-16)13-11-14-18;1-2(3)4/h16,18H,3-15H2,1-2H3;1H3,(H,3,4). The van der Waals surface area contributed by atoms with Crippen LogP contribution in [0, 0.1) is 0 Å². The highest BCUT2D eigenvalue weighted by atomic mass is 16.7. The third kappa shape index (κ3) is 13.8. The van der Waals surface area contributed by atoms with E-state index in [1.807, 2.05) is 6.92 Å². The van der Waals surface area contributed by atoms with Gasteiger partial charge < -0.3 is 19.7 Å². The Bertz CT molecular complexity index is 304. The van der Waals surface area contributed by atoms with Crippen molar-refractivity contribution in [3.63, 3.8) is 0 Å². The fourth-order valence-electron chi connectivity index (χ4n) is 2.87. The van der Waals surface area contributed by atoms with Gasteiger partial charge in [-0.2, -0.15) is 0 Å². The number of carbonyl (C=O) groups is 1. The van der Waals surface area contributed by atoms with Gasteiger partial charge in [-0.25, -0.2) is 0 Å². The van der Waals surface area contributed by atoms with Crippen LogP contribution in [-0.4, -0.2) is 41.3 Å². The second kappa shape index (κ2) is 14.7. The number of ether oxygens (including phenoxy) is 2. The molecule has 1 heterocycles. The van der Waals surface area contributed by atoms with E-state index in [2.05, 4.69) is 6.92 Å². The lowest BCUT2D eigenvalue weighted by Crippen LogP contribution is -2.26. The normalized spacial score (nSPS) is 22.9. The number of rotatable bonds is 12. The zero-order chi connectivity index (χ0) is 18.3. The number of hydrogen-bond donors (Lipinski definition) is 2. The maximum atomic E-state index is 9.00. The SMILES string of the molecule is CC(=O)O.CCCCCCCCCCC1COC(C)(CCCO)O1. The van der Waals surface area contributed by atoms with Crippen LogP contribution in [0.1, 0.15) is 91.4 Å². The van der Waals surface area contributed by atoms with Crippen LogP contribution in [0.3, 0.4) is 0 Å². The third-order valence-electron chi connectivity index (χ3n) is 4.16. The summed E-state index contributed by atoms with van der Waals surface area (Å²) in [5.74, 6) is -1.28. The van der Waals surface area contributed by atoms with E-state index in [1.165, 1.54) is 51.4 Å². The largest absolute Gasteiger partial charge is 0.481 e. The van der Waals surface area contributed by atoms with Crippen LogP contribution in [0.25, 0.3) is 0 Å². The number of aliphatic hydroxyl groups is 1. The molecule has 1 saturated heterocycles. The summed E-state index contributed by atoms with van der Waals surface area (Å²) in [6, 6.07) is 0. The molecule has 5 nitrogen and oxygen atoms in total. The maximum absolute atomic E-state index is 9.00. The molecule has 0 radical (unpaired) electrons. The summed E-state index contributed by atoms with van der Waals surface area (Å²) in [6.07, 6.45) is 13.7. The molecule has 1 aliphatic rings. The van der Waals surface area contributed by atoms with E-state index >= 15 is 0 Å². The van der Waals surface area contributed by atoms with Crippen LogP contribution >= 0.6 is 0 Å². The van der Waals surface area contributed by atoms with Crippen molar-refractivity contribution in [2.24, 2.45) is 0 Å². The molecule has 0 saturated carbocycles. The van der Waals surface area contributed by atoms with Gasteiger partial charge in [-0.05, 0) is 19.8 Å². The summed E-state index contributed by atoms with van der Waals surface area (Å²) < 4.78 is 11.7. The van der Waals surface area contributed by atoms with Crippen LogP contribution in [0.15, 0.2) is 0 Å². The van der Waals surface area contributed by atoms with Gasteiger partial charge in [0.05, 0.1) is 12.7 Å². The van der Waals surface area contributed by atoms with E-state index in [1.54, 1.807) is 0 Å². The fourth-order valence-corrected chi connectivity index (χ4v) is 2.87. The zero-order valence-electron chi connectivity index (χ0n) is 15.9. The first-order valence-electron chi connectivity index (χ1n) is 9.55. The second-order valence-electron chi connectivity index (χ2n) is 6.79. The minimum absolute atomic E-state index is 0.213. The summed E-state index contributed by atoms with van der Waals surface area (Å²) in [5, 5.41) is 16.3. The second-order valence-corrected chi connectivity index (χ2v) is 6.79. The van der Waals surface area contributed by atoms with Gasteiger partial charge in [0.1, 0.15) is 0 Å². The predicted molar refractivity (Wildman–Crippen MR) is 96.1 cm³/mol. The van der Waals surface area contributed by atoms with Gasteiger partial charge in [0, 0.05) is 20.0 Å². The molecule has 0 aromatic carbocycles. The Morgan fingerprint density at radius 3 is 2.17 bits per heavy atom. The van der Waals surface area contributed by atoms with Crippen LogP contribution in [0.4, 0.5) is 0 Å². The van der Waals surface area contributed by atoms with Crippen molar-refractivity contribution in [1.82, 2.24) is 0 Å². The van der Waals surface area contributed by atoms with Crippen LogP contribution < -0.4 is 0 Å². The topological polar surface area (TPSA) is 76.0 Å². The molecule has 0 spiro atoms. The minimum Gasteiger partial charge on any atom is -0.481 e. The Labute approximate surface area is 147 Å².